The molecule has 0 unspecified atom stereocenters. The van der Waals surface area contributed by atoms with E-state index in [2.05, 4.69) is 26.2 Å². The van der Waals surface area contributed by atoms with E-state index in [9.17, 15) is 9.59 Å². The molecule has 0 fully saturated rings. The summed E-state index contributed by atoms with van der Waals surface area (Å²) in [6, 6.07) is 0.735. The highest BCUT2D eigenvalue weighted by atomic mass is 79.9. The molecule has 0 saturated heterocycles. The third kappa shape index (κ3) is 4.14. The van der Waals surface area contributed by atoms with Crippen molar-refractivity contribution in [2.45, 2.75) is 25.8 Å². The van der Waals surface area contributed by atoms with E-state index in [0.29, 0.717) is 22.9 Å². The number of pyridine rings is 1. The minimum atomic E-state index is -1.02. The summed E-state index contributed by atoms with van der Waals surface area (Å²) in [4.78, 5) is 26.5. The molecule has 1 rings (SSSR count). The number of rotatable bonds is 5. The normalized spacial score (nSPS) is 11.9. The lowest BCUT2D eigenvalue weighted by molar-refractivity contribution is -0.139. The molecule has 6 heteroatoms. The first-order chi connectivity index (χ1) is 8.04. The van der Waals surface area contributed by atoms with E-state index >= 15 is 0 Å². The van der Waals surface area contributed by atoms with Gasteiger partial charge in [-0.1, -0.05) is 13.3 Å². The number of halogens is 1. The van der Waals surface area contributed by atoms with Gasteiger partial charge in [0.05, 0.1) is 5.56 Å². The largest absolute Gasteiger partial charge is 0.480 e. The van der Waals surface area contributed by atoms with Crippen molar-refractivity contribution in [3.63, 3.8) is 0 Å². The molecule has 17 heavy (non-hydrogen) atoms. The van der Waals surface area contributed by atoms with Gasteiger partial charge < -0.3 is 10.4 Å². The molecule has 1 atom stereocenters. The third-order valence-electron chi connectivity index (χ3n) is 2.15. The van der Waals surface area contributed by atoms with Gasteiger partial charge in [-0.2, -0.15) is 0 Å². The summed E-state index contributed by atoms with van der Waals surface area (Å²) in [5.41, 5.74) is 0.335. The molecule has 2 N–H and O–H groups in total. The predicted octanol–water partition coefficient (Wildman–Crippen LogP) is 1.83. The molecule has 0 aromatic carbocycles. The zero-order valence-corrected chi connectivity index (χ0v) is 10.9. The van der Waals surface area contributed by atoms with E-state index in [-0.39, 0.29) is 0 Å². The monoisotopic (exact) mass is 300 g/mol. The summed E-state index contributed by atoms with van der Waals surface area (Å²) in [6.45, 7) is 1.86. The van der Waals surface area contributed by atoms with Gasteiger partial charge in [-0.15, -0.1) is 0 Å². The Bertz CT molecular complexity index is 423. The summed E-state index contributed by atoms with van der Waals surface area (Å²) >= 11 is 3.20. The zero-order valence-electron chi connectivity index (χ0n) is 9.31. The van der Waals surface area contributed by atoms with Gasteiger partial charge in [0.2, 0.25) is 0 Å². The lowest BCUT2D eigenvalue weighted by Gasteiger charge is -2.13. The first-order valence-electron chi connectivity index (χ1n) is 5.18. The van der Waals surface area contributed by atoms with Gasteiger partial charge in [0.1, 0.15) is 6.04 Å². The Balaban J connectivity index is 2.73. The maximum Gasteiger partial charge on any atom is 0.326 e. The van der Waals surface area contributed by atoms with Gasteiger partial charge in [-0.05, 0) is 28.4 Å². The lowest BCUT2D eigenvalue weighted by atomic mass is 10.1. The van der Waals surface area contributed by atoms with Crippen LogP contribution in [0.25, 0.3) is 0 Å². The Hall–Kier alpha value is -1.43. The average molecular weight is 301 g/mol. The summed E-state index contributed by atoms with van der Waals surface area (Å²) in [5, 5.41) is 11.4. The fraction of sp³-hybridized carbons (Fsp3) is 0.364. The number of carboxylic acid groups (broad SMARTS) is 1. The van der Waals surface area contributed by atoms with Gasteiger partial charge in [-0.3, -0.25) is 9.78 Å². The van der Waals surface area contributed by atoms with E-state index in [4.69, 9.17) is 5.11 Å². The average Bonchev–Trinajstić information content (AvgIpc) is 2.28. The first-order valence-corrected chi connectivity index (χ1v) is 5.98. The summed E-state index contributed by atoms with van der Waals surface area (Å²) in [5.74, 6) is -1.46. The van der Waals surface area contributed by atoms with E-state index < -0.39 is 17.9 Å². The Morgan fingerprint density at radius 2 is 2.24 bits per heavy atom. The van der Waals surface area contributed by atoms with Crippen LogP contribution in [-0.4, -0.2) is 28.0 Å². The van der Waals surface area contributed by atoms with Crippen LogP contribution in [-0.2, 0) is 4.79 Å². The number of nitrogens with one attached hydrogen (secondary N) is 1. The SMILES string of the molecule is CCC[C@H](NC(=O)c1cncc(Br)c1)C(=O)O. The molecule has 0 spiro atoms. The molecular formula is C11H13BrN2O3. The van der Waals surface area contributed by atoms with Crippen LogP contribution in [0.5, 0.6) is 0 Å². The van der Waals surface area contributed by atoms with Crippen LogP contribution in [0.3, 0.4) is 0 Å². The molecule has 0 radical (unpaired) electrons. The van der Waals surface area contributed by atoms with Crippen molar-refractivity contribution in [3.05, 3.63) is 28.5 Å². The fourth-order valence-corrected chi connectivity index (χ4v) is 1.69. The maximum atomic E-state index is 11.8. The van der Waals surface area contributed by atoms with Crippen LogP contribution in [0.15, 0.2) is 22.9 Å². The molecule has 0 aliphatic carbocycles. The first kappa shape index (κ1) is 13.6. The van der Waals surface area contributed by atoms with Crippen LogP contribution in [0.2, 0.25) is 0 Å². The van der Waals surface area contributed by atoms with Crippen molar-refractivity contribution in [2.75, 3.05) is 0 Å². The molecule has 0 bridgehead atoms. The number of hydrogen-bond acceptors (Lipinski definition) is 3. The Labute approximate surface area is 107 Å². The highest BCUT2D eigenvalue weighted by Gasteiger charge is 2.19. The van der Waals surface area contributed by atoms with Crippen molar-refractivity contribution in [1.29, 1.82) is 0 Å². The molecule has 92 valence electrons. The number of aliphatic carboxylic acids is 1. The summed E-state index contributed by atoms with van der Waals surface area (Å²) in [6.07, 6.45) is 4.04. The number of amides is 1. The van der Waals surface area contributed by atoms with E-state index in [1.807, 2.05) is 6.92 Å². The Kier molecular flexibility index (Phi) is 5.09. The molecule has 1 aromatic heterocycles. The quantitative estimate of drug-likeness (QED) is 0.869. The molecule has 5 nitrogen and oxygen atoms in total. The molecule has 0 saturated carbocycles. The molecule has 1 amide bonds. The smallest absolute Gasteiger partial charge is 0.326 e. The van der Waals surface area contributed by atoms with Crippen molar-refractivity contribution in [2.24, 2.45) is 0 Å². The number of aromatic nitrogens is 1. The van der Waals surface area contributed by atoms with E-state index in [1.54, 1.807) is 12.3 Å². The standard InChI is InChI=1S/C11H13BrN2O3/c1-2-3-9(11(16)17)14-10(15)7-4-8(12)6-13-5-7/h4-6,9H,2-3H2,1H3,(H,14,15)(H,16,17)/t9-/m0/s1. The highest BCUT2D eigenvalue weighted by molar-refractivity contribution is 9.10. The van der Waals surface area contributed by atoms with Crippen LogP contribution in [0.1, 0.15) is 30.1 Å². The van der Waals surface area contributed by atoms with E-state index in [0.717, 1.165) is 0 Å². The Morgan fingerprint density at radius 1 is 1.53 bits per heavy atom. The zero-order chi connectivity index (χ0) is 12.8. The molecule has 1 heterocycles. The maximum absolute atomic E-state index is 11.8. The van der Waals surface area contributed by atoms with Gasteiger partial charge >= 0.3 is 5.97 Å². The Morgan fingerprint density at radius 3 is 2.76 bits per heavy atom. The molecular weight excluding hydrogens is 288 g/mol. The third-order valence-corrected chi connectivity index (χ3v) is 2.58. The van der Waals surface area contributed by atoms with Crippen LogP contribution in [0.4, 0.5) is 0 Å². The van der Waals surface area contributed by atoms with E-state index in [1.165, 1.54) is 6.20 Å². The minimum Gasteiger partial charge on any atom is -0.480 e. The molecule has 1 aromatic rings. The van der Waals surface area contributed by atoms with Gasteiger partial charge in [-0.25, -0.2) is 4.79 Å². The minimum absolute atomic E-state index is 0.335. The van der Waals surface area contributed by atoms with Crippen molar-refractivity contribution >= 4 is 27.8 Å². The summed E-state index contributed by atoms with van der Waals surface area (Å²) in [7, 11) is 0. The second kappa shape index (κ2) is 6.34. The van der Waals surface area contributed by atoms with Crippen molar-refractivity contribution in [1.82, 2.24) is 10.3 Å². The van der Waals surface area contributed by atoms with Crippen LogP contribution < -0.4 is 5.32 Å². The van der Waals surface area contributed by atoms with Crippen LogP contribution >= 0.6 is 15.9 Å². The molecule has 0 aliphatic heterocycles. The summed E-state index contributed by atoms with van der Waals surface area (Å²) < 4.78 is 0.674. The molecule has 0 aliphatic rings. The number of nitrogens with zero attached hydrogens (tertiary/aromatic N) is 1. The van der Waals surface area contributed by atoms with Crippen molar-refractivity contribution < 1.29 is 14.7 Å². The number of hydrogen-bond donors (Lipinski definition) is 2. The second-order valence-electron chi connectivity index (χ2n) is 3.54. The van der Waals surface area contributed by atoms with Crippen molar-refractivity contribution in [3.8, 4) is 0 Å². The number of carbonyl (C=O) groups is 2. The highest BCUT2D eigenvalue weighted by Crippen LogP contribution is 2.10. The van der Waals surface area contributed by atoms with Crippen LogP contribution in [0, 0.1) is 0 Å². The lowest BCUT2D eigenvalue weighted by Crippen LogP contribution is -2.40. The second-order valence-corrected chi connectivity index (χ2v) is 4.46. The number of carboxylic acids is 1. The number of carbonyl (C=O) groups excluding carboxylic acids is 1. The van der Waals surface area contributed by atoms with Gasteiger partial charge in [0, 0.05) is 16.9 Å². The van der Waals surface area contributed by atoms with Gasteiger partial charge in [0.25, 0.3) is 5.91 Å². The topological polar surface area (TPSA) is 79.3 Å². The predicted molar refractivity (Wildman–Crippen MR) is 65.7 cm³/mol. The van der Waals surface area contributed by atoms with Gasteiger partial charge in [0.15, 0.2) is 0 Å². The fourth-order valence-electron chi connectivity index (χ4n) is 1.32.